The lowest BCUT2D eigenvalue weighted by molar-refractivity contribution is -0.117. The van der Waals surface area contributed by atoms with Crippen LogP contribution in [0, 0.1) is 0 Å². The standard InChI is InChI=1S/C24H25N5O4/c1-14-23(17-5-9-22(33-3)25-11-17)29(24(31)32)21-10-16(4-8-20(21)28(14)15(2)30)18-12-26-27(13-18)19-6-7-19/h4-5,8-14,19,23H,6-7H2,1-3H3,(H,31,32)/t14-,23?/m0/s1. The molecule has 9 nitrogen and oxygen atoms in total. The Balaban J connectivity index is 1.64. The fraction of sp³-hybridized carbons (Fsp3) is 0.333. The van der Waals surface area contributed by atoms with Gasteiger partial charge < -0.3 is 14.7 Å². The van der Waals surface area contributed by atoms with Crippen molar-refractivity contribution in [2.45, 2.75) is 44.8 Å². The molecule has 2 amide bonds. The van der Waals surface area contributed by atoms with Gasteiger partial charge in [-0.15, -0.1) is 0 Å². The third-order valence-corrected chi connectivity index (χ3v) is 6.35. The largest absolute Gasteiger partial charge is 0.481 e. The maximum absolute atomic E-state index is 12.7. The molecule has 3 aromatic rings. The summed E-state index contributed by atoms with van der Waals surface area (Å²) in [5, 5.41) is 14.7. The zero-order chi connectivity index (χ0) is 23.3. The van der Waals surface area contributed by atoms with Crippen LogP contribution in [0.5, 0.6) is 5.88 Å². The van der Waals surface area contributed by atoms with Gasteiger partial charge in [0.1, 0.15) is 0 Å². The summed E-state index contributed by atoms with van der Waals surface area (Å²) in [6.45, 7) is 3.34. The Labute approximate surface area is 191 Å². The molecule has 1 aromatic carbocycles. The summed E-state index contributed by atoms with van der Waals surface area (Å²) in [5.74, 6) is 0.275. The molecule has 3 heterocycles. The van der Waals surface area contributed by atoms with Gasteiger partial charge in [0.05, 0.1) is 42.8 Å². The number of aromatic nitrogens is 3. The molecule has 2 atom stereocenters. The fourth-order valence-corrected chi connectivity index (χ4v) is 4.65. The Kier molecular flexibility index (Phi) is 5.03. The van der Waals surface area contributed by atoms with Crippen LogP contribution in [0.15, 0.2) is 48.9 Å². The van der Waals surface area contributed by atoms with Crippen LogP contribution in [0.4, 0.5) is 16.2 Å². The summed E-state index contributed by atoms with van der Waals surface area (Å²) >= 11 is 0. The van der Waals surface area contributed by atoms with Crippen molar-refractivity contribution in [3.8, 4) is 17.0 Å². The number of nitrogens with zero attached hydrogens (tertiary/aromatic N) is 5. The first kappa shape index (κ1) is 21.0. The molecular weight excluding hydrogens is 422 g/mol. The number of hydrogen-bond acceptors (Lipinski definition) is 5. The second-order valence-electron chi connectivity index (χ2n) is 8.50. The lowest BCUT2D eigenvalue weighted by Gasteiger charge is -2.45. The minimum atomic E-state index is -1.10. The summed E-state index contributed by atoms with van der Waals surface area (Å²) in [5.41, 5.74) is 3.44. The predicted molar refractivity (Wildman–Crippen MR) is 123 cm³/mol. The molecule has 5 rings (SSSR count). The Morgan fingerprint density at radius 2 is 1.85 bits per heavy atom. The molecular formula is C24H25N5O4. The van der Waals surface area contributed by atoms with E-state index >= 15 is 0 Å². The Hall–Kier alpha value is -3.88. The van der Waals surface area contributed by atoms with Gasteiger partial charge in [-0.2, -0.15) is 5.10 Å². The van der Waals surface area contributed by atoms with Gasteiger partial charge in [0.25, 0.3) is 0 Å². The second-order valence-corrected chi connectivity index (χ2v) is 8.50. The van der Waals surface area contributed by atoms with Crippen LogP contribution in [-0.2, 0) is 4.79 Å². The highest BCUT2D eigenvalue weighted by molar-refractivity contribution is 6.03. The van der Waals surface area contributed by atoms with Gasteiger partial charge in [0.15, 0.2) is 0 Å². The molecule has 0 spiro atoms. The molecule has 9 heteroatoms. The highest BCUT2D eigenvalue weighted by atomic mass is 16.5. The predicted octanol–water partition coefficient (Wildman–Crippen LogP) is 4.27. The van der Waals surface area contributed by atoms with Crippen molar-refractivity contribution in [2.75, 3.05) is 16.9 Å². The van der Waals surface area contributed by atoms with E-state index in [9.17, 15) is 14.7 Å². The molecule has 170 valence electrons. The summed E-state index contributed by atoms with van der Waals surface area (Å²) in [7, 11) is 1.52. The monoisotopic (exact) mass is 447 g/mol. The average Bonchev–Trinajstić information content (AvgIpc) is 3.54. The summed E-state index contributed by atoms with van der Waals surface area (Å²) in [4.78, 5) is 32.5. The third kappa shape index (κ3) is 3.59. The van der Waals surface area contributed by atoms with E-state index < -0.39 is 18.2 Å². The lowest BCUT2D eigenvalue weighted by atomic mass is 9.93. The van der Waals surface area contributed by atoms with E-state index in [2.05, 4.69) is 10.1 Å². The maximum atomic E-state index is 12.7. The topological polar surface area (TPSA) is 101 Å². The Morgan fingerprint density at radius 3 is 2.45 bits per heavy atom. The zero-order valence-corrected chi connectivity index (χ0v) is 18.7. The summed E-state index contributed by atoms with van der Waals surface area (Å²) < 4.78 is 7.11. The number of carbonyl (C=O) groups excluding carboxylic acids is 1. The summed E-state index contributed by atoms with van der Waals surface area (Å²) in [6, 6.07) is 8.40. The van der Waals surface area contributed by atoms with Gasteiger partial charge >= 0.3 is 6.09 Å². The van der Waals surface area contributed by atoms with Crippen molar-refractivity contribution in [2.24, 2.45) is 0 Å². The number of fused-ring (bicyclic) bond motifs is 1. The number of benzene rings is 1. The van der Waals surface area contributed by atoms with Crippen LogP contribution in [-0.4, -0.2) is 45.0 Å². The van der Waals surface area contributed by atoms with E-state index in [-0.39, 0.29) is 5.91 Å². The van der Waals surface area contributed by atoms with Crippen molar-refractivity contribution in [3.63, 3.8) is 0 Å². The number of rotatable bonds is 4. The molecule has 1 unspecified atom stereocenters. The molecule has 33 heavy (non-hydrogen) atoms. The van der Waals surface area contributed by atoms with Gasteiger partial charge in [0.2, 0.25) is 11.8 Å². The summed E-state index contributed by atoms with van der Waals surface area (Å²) in [6.07, 6.45) is 6.54. The van der Waals surface area contributed by atoms with E-state index in [1.165, 1.54) is 18.9 Å². The number of hydrogen-bond donors (Lipinski definition) is 1. The maximum Gasteiger partial charge on any atom is 0.412 e. The van der Waals surface area contributed by atoms with Crippen LogP contribution >= 0.6 is 0 Å². The molecule has 1 aliphatic carbocycles. The van der Waals surface area contributed by atoms with Crippen LogP contribution in [0.3, 0.4) is 0 Å². The minimum Gasteiger partial charge on any atom is -0.481 e. The average molecular weight is 447 g/mol. The Morgan fingerprint density at radius 1 is 1.06 bits per heavy atom. The molecule has 2 aromatic heterocycles. The van der Waals surface area contributed by atoms with E-state index in [0.717, 1.165) is 24.0 Å². The van der Waals surface area contributed by atoms with Gasteiger partial charge in [0, 0.05) is 30.9 Å². The number of amides is 2. The highest BCUT2D eigenvalue weighted by Crippen LogP contribution is 2.46. The van der Waals surface area contributed by atoms with Crippen molar-refractivity contribution >= 4 is 23.4 Å². The van der Waals surface area contributed by atoms with Crippen LogP contribution in [0.2, 0.25) is 0 Å². The Bertz CT molecular complexity index is 1220. The van der Waals surface area contributed by atoms with Gasteiger partial charge in [-0.1, -0.05) is 6.07 Å². The van der Waals surface area contributed by atoms with Gasteiger partial charge in [-0.3, -0.25) is 14.4 Å². The molecule has 1 aliphatic heterocycles. The van der Waals surface area contributed by atoms with Crippen molar-refractivity contribution in [1.29, 1.82) is 0 Å². The number of pyridine rings is 1. The number of carbonyl (C=O) groups is 2. The molecule has 1 fully saturated rings. The fourth-order valence-electron chi connectivity index (χ4n) is 4.65. The van der Waals surface area contributed by atoms with Gasteiger partial charge in [-0.05, 0) is 49.1 Å². The van der Waals surface area contributed by atoms with Crippen LogP contribution in [0.1, 0.15) is 44.3 Å². The zero-order valence-electron chi connectivity index (χ0n) is 18.7. The number of carboxylic acid groups (broad SMARTS) is 1. The smallest absolute Gasteiger partial charge is 0.412 e. The first-order valence-electron chi connectivity index (χ1n) is 10.9. The highest BCUT2D eigenvalue weighted by Gasteiger charge is 2.42. The first-order valence-corrected chi connectivity index (χ1v) is 10.9. The molecule has 1 N–H and O–H groups in total. The molecule has 2 aliphatic rings. The molecule has 0 saturated heterocycles. The first-order chi connectivity index (χ1) is 15.9. The quantitative estimate of drug-likeness (QED) is 0.641. The van der Waals surface area contributed by atoms with Gasteiger partial charge in [-0.25, -0.2) is 9.78 Å². The number of anilines is 2. The number of methoxy groups -OCH3 is 1. The van der Waals surface area contributed by atoms with E-state index in [1.807, 2.05) is 36.0 Å². The molecule has 0 bridgehead atoms. The van der Waals surface area contributed by atoms with Crippen LogP contribution in [0.25, 0.3) is 11.1 Å². The molecule has 1 saturated carbocycles. The number of ether oxygens (including phenoxy) is 1. The van der Waals surface area contributed by atoms with E-state index in [0.29, 0.717) is 28.9 Å². The normalized spacial score (nSPS) is 19.8. The third-order valence-electron chi connectivity index (χ3n) is 6.35. The van der Waals surface area contributed by atoms with Crippen molar-refractivity contribution < 1.29 is 19.4 Å². The van der Waals surface area contributed by atoms with Crippen LogP contribution < -0.4 is 14.5 Å². The lowest BCUT2D eigenvalue weighted by Crippen LogP contribution is -2.53. The second kappa shape index (κ2) is 7.91. The SMILES string of the molecule is COc1ccc(C2[C@H](C)N(C(C)=O)c3ccc(-c4cnn(C5CC5)c4)cc3N2C(=O)O)cn1. The van der Waals surface area contributed by atoms with E-state index in [1.54, 1.807) is 29.4 Å². The van der Waals surface area contributed by atoms with Crippen molar-refractivity contribution in [3.05, 3.63) is 54.5 Å². The molecule has 0 radical (unpaired) electrons. The minimum absolute atomic E-state index is 0.158. The van der Waals surface area contributed by atoms with E-state index in [4.69, 9.17) is 4.74 Å². The van der Waals surface area contributed by atoms with Crippen molar-refractivity contribution in [1.82, 2.24) is 14.8 Å².